The average molecular weight is 325 g/mol. The van der Waals surface area contributed by atoms with Crippen molar-refractivity contribution in [2.24, 2.45) is 0 Å². The molecule has 3 aromatic heterocycles. The van der Waals surface area contributed by atoms with E-state index in [1.807, 2.05) is 33.0 Å². The zero-order valence-electron chi connectivity index (χ0n) is 13.9. The van der Waals surface area contributed by atoms with Crippen LogP contribution in [0.3, 0.4) is 0 Å². The van der Waals surface area contributed by atoms with Crippen LogP contribution in [0.15, 0.2) is 12.3 Å². The van der Waals surface area contributed by atoms with E-state index in [1.165, 1.54) is 0 Å². The second kappa shape index (κ2) is 5.40. The predicted octanol–water partition coefficient (Wildman–Crippen LogP) is 0.991. The van der Waals surface area contributed by atoms with E-state index in [4.69, 9.17) is 0 Å². The molecule has 3 aromatic rings. The van der Waals surface area contributed by atoms with Crippen LogP contribution in [0.1, 0.15) is 39.9 Å². The number of imidazole rings is 1. The maximum absolute atomic E-state index is 12.5. The van der Waals surface area contributed by atoms with Crippen molar-refractivity contribution in [3.05, 3.63) is 41.0 Å². The van der Waals surface area contributed by atoms with Crippen LogP contribution >= 0.6 is 0 Å². The smallest absolute Gasteiger partial charge is 0.291 e. The molecule has 4 rings (SSSR count). The molecule has 1 atom stereocenters. The quantitative estimate of drug-likeness (QED) is 0.759. The SMILES string of the molecule is Cc1cn2c(n1)CCC(NC(=O)c1nc3nc(C)cc(C)n3n1)C2. The van der Waals surface area contributed by atoms with Gasteiger partial charge in [0.1, 0.15) is 5.82 Å². The summed E-state index contributed by atoms with van der Waals surface area (Å²) >= 11 is 0. The number of nitrogens with one attached hydrogen (secondary N) is 1. The molecule has 24 heavy (non-hydrogen) atoms. The predicted molar refractivity (Wildman–Crippen MR) is 86.8 cm³/mol. The van der Waals surface area contributed by atoms with Crippen molar-refractivity contribution in [3.63, 3.8) is 0 Å². The number of aromatic nitrogens is 6. The number of carbonyl (C=O) groups excluding carboxylic acids is 1. The maximum Gasteiger partial charge on any atom is 0.291 e. The van der Waals surface area contributed by atoms with Crippen molar-refractivity contribution < 1.29 is 4.79 Å². The molecule has 0 aromatic carbocycles. The molecule has 1 N–H and O–H groups in total. The highest BCUT2D eigenvalue weighted by atomic mass is 16.2. The molecule has 0 bridgehead atoms. The molecule has 124 valence electrons. The number of carbonyl (C=O) groups is 1. The van der Waals surface area contributed by atoms with E-state index in [2.05, 4.69) is 29.9 Å². The molecule has 4 heterocycles. The lowest BCUT2D eigenvalue weighted by atomic mass is 10.1. The van der Waals surface area contributed by atoms with Crippen LogP contribution in [0.2, 0.25) is 0 Å². The molecule has 8 nitrogen and oxygen atoms in total. The van der Waals surface area contributed by atoms with Gasteiger partial charge in [-0.1, -0.05) is 0 Å². The van der Waals surface area contributed by atoms with Crippen LogP contribution in [0.25, 0.3) is 5.78 Å². The highest BCUT2D eigenvalue weighted by Gasteiger charge is 2.23. The maximum atomic E-state index is 12.5. The molecular weight excluding hydrogens is 306 g/mol. The standard InChI is InChI=1S/C16H19N7O/c1-9-6-11(3)23-16(18-9)20-14(21-23)15(24)19-12-4-5-13-17-10(2)7-22(13)8-12/h6-7,12H,4-5,8H2,1-3H3,(H,19,24). The molecule has 1 amide bonds. The van der Waals surface area contributed by atoms with Crippen LogP contribution in [0.5, 0.6) is 0 Å². The largest absolute Gasteiger partial charge is 0.345 e. The van der Waals surface area contributed by atoms with Crippen LogP contribution in [-0.2, 0) is 13.0 Å². The summed E-state index contributed by atoms with van der Waals surface area (Å²) in [4.78, 5) is 25.6. The number of nitrogens with zero attached hydrogens (tertiary/aromatic N) is 6. The van der Waals surface area contributed by atoms with Gasteiger partial charge in [0.15, 0.2) is 0 Å². The zero-order chi connectivity index (χ0) is 16.8. The summed E-state index contributed by atoms with van der Waals surface area (Å²) in [7, 11) is 0. The number of rotatable bonds is 2. The van der Waals surface area contributed by atoms with E-state index < -0.39 is 0 Å². The molecule has 0 fully saturated rings. The molecule has 0 saturated carbocycles. The van der Waals surface area contributed by atoms with Crippen molar-refractivity contribution in [1.82, 2.24) is 34.4 Å². The monoisotopic (exact) mass is 325 g/mol. The fourth-order valence-electron chi connectivity index (χ4n) is 3.22. The van der Waals surface area contributed by atoms with Gasteiger partial charge in [0.2, 0.25) is 5.82 Å². The molecular formula is C16H19N7O. The normalized spacial score (nSPS) is 17.0. The molecule has 8 heteroatoms. The summed E-state index contributed by atoms with van der Waals surface area (Å²) in [5.74, 6) is 1.43. The Labute approximate surface area is 138 Å². The molecule has 1 unspecified atom stereocenters. The minimum atomic E-state index is -0.261. The van der Waals surface area contributed by atoms with Gasteiger partial charge in [0, 0.05) is 36.6 Å². The third-order valence-corrected chi connectivity index (χ3v) is 4.27. The Bertz CT molecular complexity index is 939. The Morgan fingerprint density at radius 1 is 1.21 bits per heavy atom. The van der Waals surface area contributed by atoms with Crippen molar-refractivity contribution in [3.8, 4) is 0 Å². The lowest BCUT2D eigenvalue weighted by Crippen LogP contribution is -2.41. The minimum absolute atomic E-state index is 0.0565. The van der Waals surface area contributed by atoms with Gasteiger partial charge in [-0.25, -0.2) is 14.5 Å². The number of amides is 1. The van der Waals surface area contributed by atoms with Crippen molar-refractivity contribution >= 4 is 11.7 Å². The molecule has 1 aliphatic heterocycles. The Kier molecular flexibility index (Phi) is 3.33. The van der Waals surface area contributed by atoms with E-state index in [0.717, 1.165) is 42.3 Å². The average Bonchev–Trinajstić information content (AvgIpc) is 3.09. The van der Waals surface area contributed by atoms with E-state index in [0.29, 0.717) is 5.78 Å². The summed E-state index contributed by atoms with van der Waals surface area (Å²) < 4.78 is 3.70. The summed E-state index contributed by atoms with van der Waals surface area (Å²) in [6.45, 7) is 6.53. The van der Waals surface area contributed by atoms with Gasteiger partial charge in [-0.05, 0) is 33.3 Å². The molecule has 1 aliphatic rings. The molecule has 0 radical (unpaired) electrons. The van der Waals surface area contributed by atoms with Crippen molar-refractivity contribution in [2.45, 2.75) is 46.2 Å². The molecule has 0 spiro atoms. The minimum Gasteiger partial charge on any atom is -0.345 e. The summed E-state index contributed by atoms with van der Waals surface area (Å²) in [6.07, 6.45) is 3.75. The van der Waals surface area contributed by atoms with E-state index in [1.54, 1.807) is 4.52 Å². The third kappa shape index (κ3) is 2.53. The Morgan fingerprint density at radius 3 is 2.88 bits per heavy atom. The second-order valence-corrected chi connectivity index (χ2v) is 6.35. The van der Waals surface area contributed by atoms with Crippen LogP contribution in [-0.4, -0.2) is 41.1 Å². The lowest BCUT2D eigenvalue weighted by molar-refractivity contribution is 0.0917. The fraction of sp³-hybridized carbons (Fsp3) is 0.438. The van der Waals surface area contributed by atoms with E-state index >= 15 is 0 Å². The first-order chi connectivity index (χ1) is 11.5. The number of hydrogen-bond donors (Lipinski definition) is 1. The number of hydrogen-bond acceptors (Lipinski definition) is 5. The van der Waals surface area contributed by atoms with Crippen LogP contribution in [0, 0.1) is 20.8 Å². The van der Waals surface area contributed by atoms with Gasteiger partial charge in [-0.3, -0.25) is 4.79 Å². The zero-order valence-corrected chi connectivity index (χ0v) is 13.9. The lowest BCUT2D eigenvalue weighted by Gasteiger charge is -2.24. The van der Waals surface area contributed by atoms with Gasteiger partial charge >= 0.3 is 0 Å². The van der Waals surface area contributed by atoms with Crippen molar-refractivity contribution in [1.29, 1.82) is 0 Å². The van der Waals surface area contributed by atoms with E-state index in [9.17, 15) is 4.79 Å². The Hall–Kier alpha value is -2.77. The Balaban J connectivity index is 1.53. The van der Waals surface area contributed by atoms with Gasteiger partial charge < -0.3 is 9.88 Å². The van der Waals surface area contributed by atoms with Gasteiger partial charge in [0.25, 0.3) is 11.7 Å². The summed E-state index contributed by atoms with van der Waals surface area (Å²) in [6, 6.07) is 1.97. The number of fused-ring (bicyclic) bond motifs is 2. The second-order valence-electron chi connectivity index (χ2n) is 6.35. The Morgan fingerprint density at radius 2 is 2.04 bits per heavy atom. The topological polar surface area (TPSA) is 90.0 Å². The molecule has 0 saturated heterocycles. The highest BCUT2D eigenvalue weighted by molar-refractivity contribution is 5.91. The van der Waals surface area contributed by atoms with Crippen LogP contribution < -0.4 is 5.32 Å². The van der Waals surface area contributed by atoms with Crippen molar-refractivity contribution in [2.75, 3.05) is 0 Å². The number of aryl methyl sites for hydroxylation is 4. The highest BCUT2D eigenvalue weighted by Crippen LogP contribution is 2.15. The van der Waals surface area contributed by atoms with Gasteiger partial charge in [0.05, 0.1) is 5.69 Å². The van der Waals surface area contributed by atoms with Gasteiger partial charge in [-0.2, -0.15) is 4.98 Å². The third-order valence-electron chi connectivity index (χ3n) is 4.27. The summed E-state index contributed by atoms with van der Waals surface area (Å²) in [5, 5.41) is 7.31. The van der Waals surface area contributed by atoms with Gasteiger partial charge in [-0.15, -0.1) is 5.10 Å². The fourth-order valence-corrected chi connectivity index (χ4v) is 3.22. The molecule has 0 aliphatic carbocycles. The summed E-state index contributed by atoms with van der Waals surface area (Å²) in [5.41, 5.74) is 2.77. The first-order valence-corrected chi connectivity index (χ1v) is 8.04. The van der Waals surface area contributed by atoms with Crippen LogP contribution in [0.4, 0.5) is 0 Å². The first-order valence-electron chi connectivity index (χ1n) is 8.04. The first kappa shape index (κ1) is 14.8. The van der Waals surface area contributed by atoms with E-state index in [-0.39, 0.29) is 17.8 Å².